The van der Waals surface area contributed by atoms with Gasteiger partial charge in [-0.05, 0) is 37.5 Å². The highest BCUT2D eigenvalue weighted by molar-refractivity contribution is 8.26. The van der Waals surface area contributed by atoms with Gasteiger partial charge in [-0.2, -0.15) is 0 Å². The smallest absolute Gasteiger partial charge is 0.267 e. The number of amides is 1. The summed E-state index contributed by atoms with van der Waals surface area (Å²) in [6, 6.07) is 3.77. The second-order valence-corrected chi connectivity index (χ2v) is 11.2. The molecule has 1 aliphatic heterocycles. The molecular formula is C28H40N4O2S2. The molecule has 0 bridgehead atoms. The highest BCUT2D eigenvalue weighted by Crippen LogP contribution is 2.33. The third-order valence-corrected chi connectivity index (χ3v) is 7.89. The molecule has 8 heteroatoms. The number of hydrogen-bond donors (Lipinski definition) is 1. The van der Waals surface area contributed by atoms with Gasteiger partial charge in [0.05, 0.1) is 10.5 Å². The Bertz CT molecular complexity index is 1140. The maximum atomic E-state index is 13.4. The molecule has 1 saturated heterocycles. The van der Waals surface area contributed by atoms with Crippen molar-refractivity contribution < 1.29 is 4.79 Å². The second-order valence-electron chi connectivity index (χ2n) is 9.51. The van der Waals surface area contributed by atoms with Crippen molar-refractivity contribution in [2.24, 2.45) is 0 Å². The number of unbranched alkanes of at least 4 members (excludes halogenated alkanes) is 9. The summed E-state index contributed by atoms with van der Waals surface area (Å²) in [5.41, 5.74) is 1.74. The molecule has 3 rings (SSSR count). The van der Waals surface area contributed by atoms with Crippen LogP contribution in [-0.4, -0.2) is 37.6 Å². The third kappa shape index (κ3) is 7.42. The molecule has 6 nitrogen and oxygen atoms in total. The van der Waals surface area contributed by atoms with Gasteiger partial charge in [-0.25, -0.2) is 4.98 Å². The largest absolute Gasteiger partial charge is 0.369 e. The third-order valence-electron chi connectivity index (χ3n) is 6.51. The quantitative estimate of drug-likeness (QED) is 0.153. The summed E-state index contributed by atoms with van der Waals surface area (Å²) in [6.45, 7) is 7.56. The van der Waals surface area contributed by atoms with Gasteiger partial charge in [0.15, 0.2) is 0 Å². The van der Waals surface area contributed by atoms with Crippen LogP contribution in [0.15, 0.2) is 28.0 Å². The topological polar surface area (TPSA) is 66.7 Å². The molecule has 1 fully saturated rings. The van der Waals surface area contributed by atoms with E-state index in [-0.39, 0.29) is 11.5 Å². The van der Waals surface area contributed by atoms with E-state index >= 15 is 0 Å². The van der Waals surface area contributed by atoms with Crippen LogP contribution in [0.2, 0.25) is 0 Å². The van der Waals surface area contributed by atoms with E-state index in [0.29, 0.717) is 39.3 Å². The van der Waals surface area contributed by atoms with Gasteiger partial charge in [0.1, 0.15) is 15.8 Å². The highest BCUT2D eigenvalue weighted by Gasteiger charge is 2.32. The molecule has 0 unspecified atom stereocenters. The molecule has 2 aromatic heterocycles. The number of nitrogens with zero attached hydrogens (tertiary/aromatic N) is 3. The average Bonchev–Trinajstić information content (AvgIpc) is 3.13. The minimum absolute atomic E-state index is 0.115. The van der Waals surface area contributed by atoms with Crippen molar-refractivity contribution in [1.29, 1.82) is 0 Å². The lowest BCUT2D eigenvalue weighted by Crippen LogP contribution is -2.29. The first-order chi connectivity index (χ1) is 17.5. The first kappa shape index (κ1) is 28.4. The molecule has 1 amide bonds. The second kappa shape index (κ2) is 14.5. The molecule has 0 radical (unpaired) electrons. The molecule has 0 aromatic carbocycles. The lowest BCUT2D eigenvalue weighted by atomic mass is 10.1. The predicted molar refractivity (Wildman–Crippen MR) is 157 cm³/mol. The predicted octanol–water partition coefficient (Wildman–Crippen LogP) is 6.95. The summed E-state index contributed by atoms with van der Waals surface area (Å²) in [7, 11) is 0. The number of anilines is 1. The fourth-order valence-electron chi connectivity index (χ4n) is 4.40. The van der Waals surface area contributed by atoms with Gasteiger partial charge in [-0.15, -0.1) is 0 Å². The van der Waals surface area contributed by atoms with Crippen LogP contribution in [0.1, 0.15) is 95.6 Å². The van der Waals surface area contributed by atoms with E-state index in [2.05, 4.69) is 19.2 Å². The summed E-state index contributed by atoms with van der Waals surface area (Å²) in [5, 5.41) is 3.27. The van der Waals surface area contributed by atoms with Crippen molar-refractivity contribution in [3.8, 4) is 0 Å². The maximum Gasteiger partial charge on any atom is 0.267 e. The van der Waals surface area contributed by atoms with E-state index in [9.17, 15) is 9.59 Å². The highest BCUT2D eigenvalue weighted by atomic mass is 32.2. The van der Waals surface area contributed by atoms with E-state index in [1.54, 1.807) is 21.6 Å². The van der Waals surface area contributed by atoms with Crippen LogP contribution in [0.25, 0.3) is 11.7 Å². The van der Waals surface area contributed by atoms with E-state index < -0.39 is 0 Å². The molecule has 0 atom stereocenters. The number of hydrogen-bond acceptors (Lipinski definition) is 6. The zero-order valence-electron chi connectivity index (χ0n) is 22.0. The number of thiocarbonyl (C=S) groups is 1. The Balaban J connectivity index is 1.64. The normalized spacial score (nSPS) is 15.0. The number of carbonyl (C=O) groups excluding carboxylic acids is 1. The Morgan fingerprint density at radius 3 is 2.33 bits per heavy atom. The number of fused-ring (bicyclic) bond motifs is 1. The molecule has 2 aromatic rings. The maximum absolute atomic E-state index is 13.4. The molecule has 1 N–H and O–H groups in total. The average molecular weight is 529 g/mol. The zero-order valence-corrected chi connectivity index (χ0v) is 23.6. The molecule has 1 aliphatic rings. The molecule has 0 aliphatic carbocycles. The van der Waals surface area contributed by atoms with Crippen LogP contribution in [-0.2, 0) is 4.79 Å². The Morgan fingerprint density at radius 1 is 1.00 bits per heavy atom. The number of nitrogens with one attached hydrogen (secondary N) is 1. The van der Waals surface area contributed by atoms with Gasteiger partial charge < -0.3 is 5.32 Å². The van der Waals surface area contributed by atoms with Crippen LogP contribution in [0.3, 0.4) is 0 Å². The summed E-state index contributed by atoms with van der Waals surface area (Å²) >= 11 is 6.80. The summed E-state index contributed by atoms with van der Waals surface area (Å²) in [5.74, 6) is 0.396. The summed E-state index contributed by atoms with van der Waals surface area (Å²) in [4.78, 5) is 33.4. The molecule has 36 heavy (non-hydrogen) atoms. The molecule has 196 valence electrons. The van der Waals surface area contributed by atoms with E-state index in [1.165, 1.54) is 63.1 Å². The number of rotatable bonds is 15. The summed E-state index contributed by atoms with van der Waals surface area (Å²) in [6.07, 6.45) is 16.8. The van der Waals surface area contributed by atoms with Crippen LogP contribution in [0.4, 0.5) is 5.82 Å². The number of carbonyl (C=O) groups is 1. The lowest BCUT2D eigenvalue weighted by Gasteiger charge is -2.14. The monoisotopic (exact) mass is 528 g/mol. The number of aromatic nitrogens is 2. The summed E-state index contributed by atoms with van der Waals surface area (Å²) < 4.78 is 2.11. The van der Waals surface area contributed by atoms with Crippen LogP contribution in [0, 0.1) is 6.92 Å². The van der Waals surface area contributed by atoms with Crippen molar-refractivity contribution in [2.75, 3.05) is 18.4 Å². The number of aryl methyl sites for hydroxylation is 1. The SMILES string of the molecule is CCCCCCCCCCCCN1C(=O)C(=Cc2c(NCCC)nc3c(C)cccn3c2=O)SC1=S. The van der Waals surface area contributed by atoms with E-state index in [4.69, 9.17) is 17.2 Å². The van der Waals surface area contributed by atoms with Crippen molar-refractivity contribution in [3.63, 3.8) is 0 Å². The van der Waals surface area contributed by atoms with Gasteiger partial charge in [0.25, 0.3) is 11.5 Å². The van der Waals surface area contributed by atoms with Gasteiger partial charge in [0.2, 0.25) is 0 Å². The number of pyridine rings is 1. The fraction of sp³-hybridized carbons (Fsp3) is 0.571. The van der Waals surface area contributed by atoms with Gasteiger partial charge in [-0.3, -0.25) is 18.9 Å². The molecule has 0 spiro atoms. The van der Waals surface area contributed by atoms with E-state index in [0.717, 1.165) is 24.8 Å². The first-order valence-electron chi connectivity index (χ1n) is 13.5. The van der Waals surface area contributed by atoms with Crippen LogP contribution >= 0.6 is 24.0 Å². The zero-order chi connectivity index (χ0) is 25.9. The van der Waals surface area contributed by atoms with Crippen molar-refractivity contribution in [1.82, 2.24) is 14.3 Å². The Morgan fingerprint density at radius 2 is 1.67 bits per heavy atom. The van der Waals surface area contributed by atoms with Crippen molar-refractivity contribution in [3.05, 3.63) is 44.7 Å². The fourth-order valence-corrected chi connectivity index (χ4v) is 5.69. The molecule has 0 saturated carbocycles. The lowest BCUT2D eigenvalue weighted by molar-refractivity contribution is -0.122. The Labute approximate surface area is 224 Å². The van der Waals surface area contributed by atoms with Crippen LogP contribution in [0.5, 0.6) is 0 Å². The standard InChI is InChI=1S/C28H40N4O2S2/c1-4-6-7-8-9-10-11-12-13-14-18-32-27(34)23(36-28(32)35)20-22-24(29-17-5-2)30-25-21(3)16-15-19-31(25)26(22)33/h15-16,19-20,29H,4-14,17-18H2,1-3H3. The van der Waals surface area contributed by atoms with Crippen LogP contribution < -0.4 is 10.9 Å². The molecular weight excluding hydrogens is 488 g/mol. The first-order valence-corrected chi connectivity index (χ1v) is 14.7. The minimum atomic E-state index is -0.192. The minimum Gasteiger partial charge on any atom is -0.369 e. The van der Waals surface area contributed by atoms with Gasteiger partial charge in [-0.1, -0.05) is 102 Å². The Kier molecular flexibility index (Phi) is 11.5. The van der Waals surface area contributed by atoms with Gasteiger partial charge in [0, 0.05) is 19.3 Å². The van der Waals surface area contributed by atoms with Gasteiger partial charge >= 0.3 is 0 Å². The van der Waals surface area contributed by atoms with E-state index in [1.807, 2.05) is 19.1 Å². The Hall–Kier alpha value is -2.19. The van der Waals surface area contributed by atoms with Crippen molar-refractivity contribution >= 4 is 51.7 Å². The molecule has 3 heterocycles. The number of thioether (sulfide) groups is 1. The van der Waals surface area contributed by atoms with Crippen molar-refractivity contribution in [2.45, 2.75) is 91.4 Å².